The Bertz CT molecular complexity index is 3060. The molecule has 2 bridgehead atoms. The molecule has 378 valence electrons. The summed E-state index contributed by atoms with van der Waals surface area (Å²) in [6.07, 6.45) is 6.60. The van der Waals surface area contributed by atoms with Gasteiger partial charge in [0.15, 0.2) is 16.8 Å². The number of hydrogen-bond acceptors (Lipinski definition) is 13. The molecule has 0 spiro atoms. The molecule has 8 aromatic rings. The second kappa shape index (κ2) is 24.7. The zero-order valence-electron chi connectivity index (χ0n) is 40.9. The average molecular weight is 1010 g/mol. The van der Waals surface area contributed by atoms with Gasteiger partial charge in [0.2, 0.25) is 5.95 Å². The van der Waals surface area contributed by atoms with Crippen molar-refractivity contribution in [2.24, 2.45) is 0 Å². The maximum Gasteiger partial charge on any atom is 0.413 e. The molecule has 18 heteroatoms. The molecule has 10 rings (SSSR count). The van der Waals surface area contributed by atoms with E-state index >= 15 is 0 Å². The summed E-state index contributed by atoms with van der Waals surface area (Å²) in [5, 5.41) is 36.4. The lowest BCUT2D eigenvalue weighted by molar-refractivity contribution is -0.155. The first-order chi connectivity index (χ1) is 35.6. The Labute approximate surface area is 428 Å². The number of halogens is 1. The summed E-state index contributed by atoms with van der Waals surface area (Å²) >= 11 is 6.26. The smallest absolute Gasteiger partial charge is 0.413 e. The number of anilines is 1. The zero-order chi connectivity index (χ0) is 51.3. The molecular formula is C55H59ClN10O7. The predicted octanol–water partition coefficient (Wildman–Crippen LogP) is 9.17. The number of aromatic amines is 2. The molecule has 1 amide bonds. The first-order valence-electron chi connectivity index (χ1n) is 24.4. The second-order valence-corrected chi connectivity index (χ2v) is 18.3. The average Bonchev–Trinajstić information content (AvgIpc) is 4.21. The quantitative estimate of drug-likeness (QED) is 0.0478. The number of H-pyrrole nitrogens is 2. The van der Waals surface area contributed by atoms with E-state index in [4.69, 9.17) is 16.3 Å². The van der Waals surface area contributed by atoms with Crippen molar-refractivity contribution in [2.45, 2.75) is 89.1 Å². The number of imidazole rings is 2. The first kappa shape index (κ1) is 51.8. The summed E-state index contributed by atoms with van der Waals surface area (Å²) in [7, 11) is 3.44. The van der Waals surface area contributed by atoms with Gasteiger partial charge in [-0.3, -0.25) is 14.9 Å². The van der Waals surface area contributed by atoms with Crippen LogP contribution in [0.2, 0.25) is 5.15 Å². The standard InChI is InChI=1S/C22H23ClN6O.C17H23NO3.C16H13N3O3/c1-2-3-8-20-24-21(23)19(14-30)29(20)13-15-9-11-16(12-10-15)17-6-4-5-7-18(17)22-25-27-28-26-22;1-18-13-7-8-14(18)10-15(9-13)21-17(20)16(11-19)12-5-3-2-4-6-12;1-22-16(21)19-15-17-12-8-7-11(9-13(12)18-15)14(20)10-5-3-2-4-6-10/h4-7,9-12,30H,2-3,8,13-14H2,1H3,(H,25,26,27,28);2-6,13-16,19H,7-11H2,1H3;2-9H,1H3,(H2,17,18,19,21)/t;13-,14+,15+,16?;. The molecule has 0 saturated carbocycles. The number of tetrazole rings is 1. The molecule has 4 atom stereocenters. The van der Waals surface area contributed by atoms with Crippen LogP contribution in [-0.2, 0) is 33.8 Å². The number of aliphatic hydroxyl groups excluding tert-OH is 2. The maximum atomic E-state index is 12.4. The molecule has 2 aliphatic rings. The molecule has 17 nitrogen and oxygen atoms in total. The minimum absolute atomic E-state index is 0.00367. The van der Waals surface area contributed by atoms with Crippen LogP contribution in [0.4, 0.5) is 10.7 Å². The van der Waals surface area contributed by atoms with Crippen LogP contribution in [0.5, 0.6) is 0 Å². The van der Waals surface area contributed by atoms with Crippen LogP contribution < -0.4 is 5.32 Å². The molecular weight excluding hydrogens is 948 g/mol. The normalized spacial score (nSPS) is 16.4. The highest BCUT2D eigenvalue weighted by Gasteiger charge is 2.40. The van der Waals surface area contributed by atoms with E-state index in [9.17, 15) is 24.6 Å². The number of esters is 1. The molecule has 0 aliphatic carbocycles. The summed E-state index contributed by atoms with van der Waals surface area (Å²) in [6, 6.07) is 41.0. The van der Waals surface area contributed by atoms with E-state index < -0.39 is 12.0 Å². The van der Waals surface area contributed by atoms with Gasteiger partial charge in [0.25, 0.3) is 0 Å². The predicted molar refractivity (Wildman–Crippen MR) is 278 cm³/mol. The summed E-state index contributed by atoms with van der Waals surface area (Å²) in [6.45, 7) is 2.42. The van der Waals surface area contributed by atoms with Crippen LogP contribution in [0.3, 0.4) is 0 Å². The van der Waals surface area contributed by atoms with E-state index in [2.05, 4.69) is 94.8 Å². The van der Waals surface area contributed by atoms with E-state index in [1.54, 1.807) is 30.3 Å². The van der Waals surface area contributed by atoms with Crippen molar-refractivity contribution in [1.82, 2.24) is 45.0 Å². The lowest BCUT2D eigenvalue weighted by Gasteiger charge is -2.36. The lowest BCUT2D eigenvalue weighted by atomic mass is 9.98. The molecule has 2 saturated heterocycles. The summed E-state index contributed by atoms with van der Waals surface area (Å²) in [4.78, 5) is 50.0. The molecule has 2 fully saturated rings. The van der Waals surface area contributed by atoms with Crippen molar-refractivity contribution in [1.29, 1.82) is 0 Å². The minimum Gasteiger partial charge on any atom is -0.462 e. The number of carbonyl (C=O) groups excluding carboxylic acids is 3. The lowest BCUT2D eigenvalue weighted by Crippen LogP contribution is -2.43. The number of aromatic nitrogens is 8. The number of aliphatic hydroxyl groups is 2. The molecule has 5 heterocycles. The number of piperidine rings is 1. The fraction of sp³-hybridized carbons (Fsp3) is 0.309. The third-order valence-electron chi connectivity index (χ3n) is 13.3. The highest BCUT2D eigenvalue weighted by atomic mass is 35.5. The molecule has 73 heavy (non-hydrogen) atoms. The number of carbonyl (C=O) groups is 3. The van der Waals surface area contributed by atoms with Crippen LogP contribution in [-0.4, -0.2) is 112 Å². The fourth-order valence-electron chi connectivity index (χ4n) is 9.37. The monoisotopic (exact) mass is 1010 g/mol. The van der Waals surface area contributed by atoms with Gasteiger partial charge in [-0.15, -0.1) is 5.10 Å². The largest absolute Gasteiger partial charge is 0.462 e. The van der Waals surface area contributed by atoms with E-state index in [1.165, 1.54) is 20.0 Å². The van der Waals surface area contributed by atoms with Crippen LogP contribution >= 0.6 is 11.6 Å². The Kier molecular flexibility index (Phi) is 17.5. The van der Waals surface area contributed by atoms with Gasteiger partial charge in [0.05, 0.1) is 37.1 Å². The third kappa shape index (κ3) is 12.7. The van der Waals surface area contributed by atoms with Crippen molar-refractivity contribution < 1.29 is 34.1 Å². The Morgan fingerprint density at radius 2 is 1.53 bits per heavy atom. The van der Waals surface area contributed by atoms with Gasteiger partial charge in [-0.1, -0.05) is 134 Å². The number of benzene rings is 5. The third-order valence-corrected chi connectivity index (χ3v) is 13.6. The van der Waals surface area contributed by atoms with Crippen LogP contribution in [0.1, 0.15) is 89.9 Å². The number of hydrogen-bond donors (Lipinski definition) is 5. The van der Waals surface area contributed by atoms with Crippen LogP contribution in [0.25, 0.3) is 33.5 Å². The number of ether oxygens (including phenoxy) is 2. The number of rotatable bonds is 15. The molecule has 0 radical (unpaired) electrons. The Morgan fingerprint density at radius 3 is 2.18 bits per heavy atom. The van der Waals surface area contributed by atoms with Gasteiger partial charge in [0.1, 0.15) is 17.8 Å². The van der Waals surface area contributed by atoms with Crippen LogP contribution in [0, 0.1) is 0 Å². The minimum atomic E-state index is -0.611. The Balaban J connectivity index is 0.000000149. The van der Waals surface area contributed by atoms with Gasteiger partial charge in [0, 0.05) is 41.7 Å². The second-order valence-electron chi connectivity index (χ2n) is 18.0. The number of aryl methyl sites for hydroxylation is 1. The number of amides is 1. The molecule has 1 unspecified atom stereocenters. The number of fused-ring (bicyclic) bond motifs is 3. The van der Waals surface area contributed by atoms with Crippen LogP contribution in [0.15, 0.2) is 127 Å². The highest BCUT2D eigenvalue weighted by Crippen LogP contribution is 2.36. The van der Waals surface area contributed by atoms with E-state index in [-0.39, 0.29) is 37.0 Å². The fourth-order valence-corrected chi connectivity index (χ4v) is 9.63. The van der Waals surface area contributed by atoms with Gasteiger partial charge in [-0.25, -0.2) is 19.9 Å². The summed E-state index contributed by atoms with van der Waals surface area (Å²) in [5.74, 6) is 0.884. The van der Waals surface area contributed by atoms with Crippen molar-refractivity contribution in [3.8, 4) is 22.5 Å². The number of nitrogens with one attached hydrogen (secondary N) is 3. The van der Waals surface area contributed by atoms with Crippen molar-refractivity contribution in [2.75, 3.05) is 26.1 Å². The van der Waals surface area contributed by atoms with E-state index in [0.717, 1.165) is 71.3 Å². The van der Waals surface area contributed by atoms with Crippen molar-refractivity contribution in [3.05, 3.63) is 166 Å². The van der Waals surface area contributed by atoms with Crippen molar-refractivity contribution >= 4 is 46.4 Å². The maximum absolute atomic E-state index is 12.4. The highest BCUT2D eigenvalue weighted by molar-refractivity contribution is 6.30. The topological polar surface area (TPSA) is 226 Å². The van der Waals surface area contributed by atoms with Gasteiger partial charge >= 0.3 is 12.1 Å². The number of methoxy groups -OCH3 is 1. The molecule has 3 aromatic heterocycles. The molecule has 5 aromatic carbocycles. The number of unbranched alkanes of at least 4 members (excludes halogenated alkanes) is 1. The molecule has 5 N–H and O–H groups in total. The summed E-state index contributed by atoms with van der Waals surface area (Å²) in [5.41, 5.74) is 8.12. The SMILES string of the molecule is CCCCc1nc(Cl)c(CO)n1Cc1ccc(-c2ccccc2-c2nnn[nH]2)cc1.CN1[C@@H]2CC[C@H]1C[C@@H](OC(=O)C(CO)c1ccccc1)C2.COC(=O)Nc1nc2cc(C(=O)c3ccccc3)ccc2[nH]1. The van der Waals surface area contributed by atoms with Gasteiger partial charge < -0.3 is 34.1 Å². The van der Waals surface area contributed by atoms with Crippen molar-refractivity contribution in [3.63, 3.8) is 0 Å². The van der Waals surface area contributed by atoms with Gasteiger partial charge in [-0.2, -0.15) is 0 Å². The summed E-state index contributed by atoms with van der Waals surface area (Å²) < 4.78 is 12.2. The first-order valence-corrected chi connectivity index (χ1v) is 24.7. The number of nitrogens with zero attached hydrogens (tertiary/aromatic N) is 7. The van der Waals surface area contributed by atoms with Gasteiger partial charge in [-0.05, 0) is 90.0 Å². The Morgan fingerprint density at radius 1 is 0.849 bits per heavy atom. The number of ketones is 1. The van der Waals surface area contributed by atoms with E-state index in [0.29, 0.717) is 51.9 Å². The zero-order valence-corrected chi connectivity index (χ0v) is 41.7. The van der Waals surface area contributed by atoms with E-state index in [1.807, 2.05) is 71.3 Å². The molecule has 2 aliphatic heterocycles. The Hall–Kier alpha value is -7.57.